The highest BCUT2D eigenvalue weighted by Crippen LogP contribution is 2.22. The molecule has 19 heavy (non-hydrogen) atoms. The second-order valence-corrected chi connectivity index (χ2v) is 5.43. The Morgan fingerprint density at radius 2 is 1.68 bits per heavy atom. The maximum Gasteiger partial charge on any atom is 0.197 e. The van der Waals surface area contributed by atoms with E-state index in [4.69, 9.17) is 0 Å². The standard InChI is InChI=1S/C15H11F2IO/c1-8-4-3-5-10(14(8)18)15(19)11-7-12(16)9(2)6-13(11)17/h3-7H,1-2H3. The van der Waals surface area contributed by atoms with Crippen molar-refractivity contribution in [2.45, 2.75) is 13.8 Å². The van der Waals surface area contributed by atoms with Gasteiger partial charge in [0, 0.05) is 9.13 Å². The van der Waals surface area contributed by atoms with Gasteiger partial charge in [0.25, 0.3) is 0 Å². The molecule has 2 aromatic carbocycles. The van der Waals surface area contributed by atoms with Crippen LogP contribution >= 0.6 is 22.6 Å². The minimum Gasteiger partial charge on any atom is -0.288 e. The third-order valence-corrected chi connectivity index (χ3v) is 4.36. The third kappa shape index (κ3) is 2.68. The normalized spacial score (nSPS) is 10.6. The van der Waals surface area contributed by atoms with Crippen molar-refractivity contribution < 1.29 is 13.6 Å². The average Bonchev–Trinajstić information content (AvgIpc) is 2.36. The SMILES string of the molecule is Cc1cc(F)c(C(=O)c2cccc(C)c2I)cc1F. The molecule has 0 radical (unpaired) electrons. The van der Waals surface area contributed by atoms with Crippen molar-refractivity contribution in [3.8, 4) is 0 Å². The first kappa shape index (κ1) is 14.1. The average molecular weight is 372 g/mol. The van der Waals surface area contributed by atoms with Crippen molar-refractivity contribution in [3.63, 3.8) is 0 Å². The fourth-order valence-corrected chi connectivity index (χ4v) is 2.39. The molecule has 0 heterocycles. The first-order valence-corrected chi connectivity index (χ1v) is 6.75. The van der Waals surface area contributed by atoms with Gasteiger partial charge < -0.3 is 0 Å². The van der Waals surface area contributed by atoms with Gasteiger partial charge in [0.15, 0.2) is 5.78 Å². The van der Waals surface area contributed by atoms with E-state index in [0.29, 0.717) is 5.56 Å². The predicted octanol–water partition coefficient (Wildman–Crippen LogP) is 4.42. The van der Waals surface area contributed by atoms with Crippen molar-refractivity contribution in [2.24, 2.45) is 0 Å². The smallest absolute Gasteiger partial charge is 0.197 e. The molecular weight excluding hydrogens is 361 g/mol. The molecule has 0 fully saturated rings. The monoisotopic (exact) mass is 372 g/mol. The molecule has 0 unspecified atom stereocenters. The van der Waals surface area contributed by atoms with Crippen LogP contribution in [0.1, 0.15) is 27.0 Å². The lowest BCUT2D eigenvalue weighted by Crippen LogP contribution is -2.08. The lowest BCUT2D eigenvalue weighted by Gasteiger charge is -2.08. The van der Waals surface area contributed by atoms with E-state index in [1.165, 1.54) is 6.92 Å². The van der Waals surface area contributed by atoms with Gasteiger partial charge in [-0.05, 0) is 65.8 Å². The van der Waals surface area contributed by atoms with Gasteiger partial charge in [0.05, 0.1) is 5.56 Å². The number of hydrogen-bond donors (Lipinski definition) is 0. The molecule has 98 valence electrons. The second-order valence-electron chi connectivity index (χ2n) is 4.35. The molecule has 0 saturated carbocycles. The maximum atomic E-state index is 13.8. The van der Waals surface area contributed by atoms with Gasteiger partial charge in [0.1, 0.15) is 11.6 Å². The van der Waals surface area contributed by atoms with Crippen LogP contribution in [0.25, 0.3) is 0 Å². The van der Waals surface area contributed by atoms with Crippen LogP contribution in [0.4, 0.5) is 8.78 Å². The molecule has 1 nitrogen and oxygen atoms in total. The molecule has 0 aliphatic heterocycles. The van der Waals surface area contributed by atoms with Crippen molar-refractivity contribution in [1.82, 2.24) is 0 Å². The molecule has 0 bridgehead atoms. The highest BCUT2D eigenvalue weighted by Gasteiger charge is 2.19. The van der Waals surface area contributed by atoms with Gasteiger partial charge in [-0.1, -0.05) is 12.1 Å². The molecule has 0 aliphatic carbocycles. The Balaban J connectivity index is 2.56. The number of rotatable bonds is 2. The van der Waals surface area contributed by atoms with Crippen LogP contribution in [0.15, 0.2) is 30.3 Å². The van der Waals surface area contributed by atoms with E-state index < -0.39 is 17.4 Å². The quantitative estimate of drug-likeness (QED) is 0.564. The topological polar surface area (TPSA) is 17.1 Å². The summed E-state index contributed by atoms with van der Waals surface area (Å²) in [5, 5.41) is 0. The molecule has 4 heteroatoms. The lowest BCUT2D eigenvalue weighted by atomic mass is 10.00. The number of carbonyl (C=O) groups excluding carboxylic acids is 1. The Morgan fingerprint density at radius 1 is 1.00 bits per heavy atom. The molecule has 2 rings (SSSR count). The molecule has 0 aromatic heterocycles. The zero-order chi connectivity index (χ0) is 14.2. The number of ketones is 1. The molecule has 0 saturated heterocycles. The Kier molecular flexibility index (Phi) is 3.99. The summed E-state index contributed by atoms with van der Waals surface area (Å²) in [4.78, 5) is 12.3. The van der Waals surface area contributed by atoms with Crippen LogP contribution in [0, 0.1) is 29.1 Å². The minimum atomic E-state index is -0.693. The van der Waals surface area contributed by atoms with E-state index in [2.05, 4.69) is 0 Å². The van der Waals surface area contributed by atoms with Crippen LogP contribution in [0.5, 0.6) is 0 Å². The summed E-state index contributed by atoms with van der Waals surface area (Å²) in [7, 11) is 0. The van der Waals surface area contributed by atoms with Gasteiger partial charge in [-0.25, -0.2) is 8.78 Å². The van der Waals surface area contributed by atoms with E-state index in [0.717, 1.165) is 21.3 Å². The van der Waals surface area contributed by atoms with Gasteiger partial charge in [-0.3, -0.25) is 4.79 Å². The van der Waals surface area contributed by atoms with Gasteiger partial charge in [0.2, 0.25) is 0 Å². The number of carbonyl (C=O) groups is 1. The van der Waals surface area contributed by atoms with Crippen LogP contribution in [-0.2, 0) is 0 Å². The Morgan fingerprint density at radius 3 is 2.37 bits per heavy atom. The van der Waals surface area contributed by atoms with E-state index in [9.17, 15) is 13.6 Å². The first-order valence-electron chi connectivity index (χ1n) is 5.67. The van der Waals surface area contributed by atoms with Crippen LogP contribution in [0.2, 0.25) is 0 Å². The summed E-state index contributed by atoms with van der Waals surface area (Å²) >= 11 is 2.04. The van der Waals surface area contributed by atoms with E-state index in [1.807, 2.05) is 35.6 Å². The summed E-state index contributed by atoms with van der Waals surface area (Å²) in [6.45, 7) is 3.33. The third-order valence-electron chi connectivity index (χ3n) is 2.93. The molecule has 0 amide bonds. The van der Waals surface area contributed by atoms with Crippen LogP contribution < -0.4 is 0 Å². The fourth-order valence-electron chi connectivity index (χ4n) is 1.79. The van der Waals surface area contributed by atoms with Gasteiger partial charge in [-0.2, -0.15) is 0 Å². The fraction of sp³-hybridized carbons (Fsp3) is 0.133. The number of benzene rings is 2. The van der Waals surface area contributed by atoms with Gasteiger partial charge >= 0.3 is 0 Å². The van der Waals surface area contributed by atoms with E-state index in [-0.39, 0.29) is 11.1 Å². The molecule has 0 aliphatic rings. The van der Waals surface area contributed by atoms with Crippen LogP contribution in [-0.4, -0.2) is 5.78 Å². The molecule has 0 N–H and O–H groups in total. The van der Waals surface area contributed by atoms with Gasteiger partial charge in [-0.15, -0.1) is 0 Å². The highest BCUT2D eigenvalue weighted by atomic mass is 127. The molecule has 2 aromatic rings. The summed E-state index contributed by atoms with van der Waals surface area (Å²) in [5.41, 5.74) is 1.28. The Labute approximate surface area is 123 Å². The van der Waals surface area contributed by atoms with Crippen LogP contribution in [0.3, 0.4) is 0 Å². The molecule has 0 spiro atoms. The predicted molar refractivity (Wildman–Crippen MR) is 78.4 cm³/mol. The number of halogens is 3. The molecular formula is C15H11F2IO. The van der Waals surface area contributed by atoms with Crippen molar-refractivity contribution >= 4 is 28.4 Å². The zero-order valence-corrected chi connectivity index (χ0v) is 12.6. The maximum absolute atomic E-state index is 13.8. The lowest BCUT2D eigenvalue weighted by molar-refractivity contribution is 0.103. The summed E-state index contributed by atoms with van der Waals surface area (Å²) < 4.78 is 28.1. The second kappa shape index (κ2) is 5.36. The largest absolute Gasteiger partial charge is 0.288 e. The highest BCUT2D eigenvalue weighted by molar-refractivity contribution is 14.1. The van der Waals surface area contributed by atoms with Crippen molar-refractivity contribution in [2.75, 3.05) is 0 Å². The minimum absolute atomic E-state index is 0.188. The van der Waals surface area contributed by atoms with Crippen molar-refractivity contribution in [3.05, 3.63) is 67.8 Å². The Hall–Kier alpha value is -1.30. The summed E-state index contributed by atoms with van der Waals surface area (Å²) in [5.74, 6) is -1.77. The summed E-state index contributed by atoms with van der Waals surface area (Å²) in [6.07, 6.45) is 0. The first-order chi connectivity index (χ1) is 8.91. The van der Waals surface area contributed by atoms with Crippen molar-refractivity contribution in [1.29, 1.82) is 0 Å². The van der Waals surface area contributed by atoms with E-state index in [1.54, 1.807) is 12.1 Å². The number of aryl methyl sites for hydroxylation is 2. The Bertz CT molecular complexity index is 665. The molecule has 0 atom stereocenters. The van der Waals surface area contributed by atoms with E-state index >= 15 is 0 Å². The number of hydrogen-bond acceptors (Lipinski definition) is 1. The zero-order valence-electron chi connectivity index (χ0n) is 10.4. The summed E-state index contributed by atoms with van der Waals surface area (Å²) in [6, 6.07) is 7.22.